The van der Waals surface area contributed by atoms with Crippen molar-refractivity contribution < 1.29 is 28.1 Å². The lowest BCUT2D eigenvalue weighted by Crippen LogP contribution is -2.33. The number of para-hydroxylation sites is 1. The number of nitriles is 2. The number of rotatable bonds is 14. The van der Waals surface area contributed by atoms with Crippen LogP contribution in [-0.4, -0.2) is 52.4 Å². The number of carbonyl (C=O) groups is 1. The molecule has 2 heterocycles. The van der Waals surface area contributed by atoms with Crippen LogP contribution in [0.2, 0.25) is 0 Å². The molecule has 208 valence electrons. The lowest BCUT2D eigenvalue weighted by atomic mass is 10.2. The zero-order valence-electron chi connectivity index (χ0n) is 21.0. The van der Waals surface area contributed by atoms with Gasteiger partial charge in [0.2, 0.25) is 0 Å². The van der Waals surface area contributed by atoms with Crippen molar-refractivity contribution in [3.8, 4) is 17.9 Å². The SMILES string of the molecule is Cc1cn([C@H]2C[C@H](OP(=O)(SCCC#N)SCCC#N)[C@@H](COC(=O)COc3ccccc3)O2)c(=O)[nH]c1=O. The van der Waals surface area contributed by atoms with Gasteiger partial charge in [-0.2, -0.15) is 10.5 Å². The van der Waals surface area contributed by atoms with Crippen LogP contribution in [0.4, 0.5) is 0 Å². The molecule has 0 unspecified atom stereocenters. The number of hydrogen-bond acceptors (Lipinski definition) is 12. The second-order valence-electron chi connectivity index (χ2n) is 8.20. The van der Waals surface area contributed by atoms with Gasteiger partial charge in [-0.15, -0.1) is 0 Å². The van der Waals surface area contributed by atoms with Crippen molar-refractivity contribution in [2.24, 2.45) is 0 Å². The van der Waals surface area contributed by atoms with Crippen LogP contribution in [0.25, 0.3) is 0 Å². The number of H-pyrrole nitrogens is 1. The monoisotopic (exact) mass is 594 g/mol. The van der Waals surface area contributed by atoms with Crippen LogP contribution in [0, 0.1) is 29.6 Å². The number of carbonyl (C=O) groups excluding carboxylic acids is 1. The van der Waals surface area contributed by atoms with E-state index in [1.54, 1.807) is 24.3 Å². The second kappa shape index (κ2) is 15.0. The predicted octanol–water partition coefficient (Wildman–Crippen LogP) is 3.54. The molecule has 1 fully saturated rings. The number of ether oxygens (including phenoxy) is 3. The van der Waals surface area contributed by atoms with E-state index in [9.17, 15) is 18.9 Å². The van der Waals surface area contributed by atoms with Gasteiger partial charge in [-0.1, -0.05) is 41.0 Å². The molecule has 15 heteroatoms. The van der Waals surface area contributed by atoms with Gasteiger partial charge in [0, 0.05) is 42.5 Å². The summed E-state index contributed by atoms with van der Waals surface area (Å²) in [6.45, 7) is 0.910. The molecule has 1 N–H and O–H groups in total. The summed E-state index contributed by atoms with van der Waals surface area (Å²) in [6, 6.07) is 12.7. The van der Waals surface area contributed by atoms with Crippen molar-refractivity contribution in [2.75, 3.05) is 24.7 Å². The van der Waals surface area contributed by atoms with E-state index in [1.165, 1.54) is 17.7 Å². The van der Waals surface area contributed by atoms with Gasteiger partial charge in [-0.25, -0.2) is 9.59 Å². The summed E-state index contributed by atoms with van der Waals surface area (Å²) in [5.74, 6) is -3.15. The summed E-state index contributed by atoms with van der Waals surface area (Å²) in [4.78, 5) is 38.9. The van der Waals surface area contributed by atoms with E-state index in [0.717, 1.165) is 22.8 Å². The Labute approximate surface area is 232 Å². The highest BCUT2D eigenvalue weighted by Crippen LogP contribution is 2.71. The Balaban J connectivity index is 1.75. The molecule has 12 nitrogen and oxygen atoms in total. The van der Waals surface area contributed by atoms with Crippen molar-refractivity contribution in [1.29, 1.82) is 10.5 Å². The number of esters is 1. The lowest BCUT2D eigenvalue weighted by molar-refractivity contribution is -0.152. The van der Waals surface area contributed by atoms with Crippen LogP contribution in [0.15, 0.2) is 46.1 Å². The van der Waals surface area contributed by atoms with Crippen LogP contribution in [-0.2, 0) is 23.4 Å². The minimum atomic E-state index is -3.47. The fourth-order valence-electron chi connectivity index (χ4n) is 3.48. The number of hydrogen-bond donors (Lipinski definition) is 1. The maximum absolute atomic E-state index is 13.7. The lowest BCUT2D eigenvalue weighted by Gasteiger charge is -2.23. The van der Waals surface area contributed by atoms with Crippen LogP contribution in [0.1, 0.15) is 31.1 Å². The predicted molar refractivity (Wildman–Crippen MR) is 145 cm³/mol. The number of benzene rings is 1. The highest BCUT2D eigenvalue weighted by molar-refractivity contribution is 8.89. The summed E-state index contributed by atoms with van der Waals surface area (Å²) < 4.78 is 37.6. The van der Waals surface area contributed by atoms with Gasteiger partial charge in [0.25, 0.3) is 5.56 Å². The Morgan fingerprint density at radius 2 is 1.85 bits per heavy atom. The molecule has 39 heavy (non-hydrogen) atoms. The molecule has 1 aliphatic rings. The Morgan fingerprint density at radius 1 is 1.18 bits per heavy atom. The zero-order chi connectivity index (χ0) is 28.3. The summed E-state index contributed by atoms with van der Waals surface area (Å²) in [5.41, 5.74) is -0.940. The van der Waals surface area contributed by atoms with Gasteiger partial charge in [0.05, 0.1) is 12.1 Å². The van der Waals surface area contributed by atoms with E-state index < -0.39 is 41.4 Å². The molecular formula is C24H27N4O8PS2. The molecular weight excluding hydrogens is 567 g/mol. The number of nitrogens with one attached hydrogen (secondary N) is 1. The van der Waals surface area contributed by atoms with Crippen molar-refractivity contribution >= 4 is 34.5 Å². The largest absolute Gasteiger partial charge is 0.482 e. The Bertz CT molecular complexity index is 1350. The zero-order valence-corrected chi connectivity index (χ0v) is 23.5. The van der Waals surface area contributed by atoms with Gasteiger partial charge >= 0.3 is 17.4 Å². The summed E-state index contributed by atoms with van der Waals surface area (Å²) in [5, 5.41) is 17.8. The van der Waals surface area contributed by atoms with Crippen molar-refractivity contribution in [1.82, 2.24) is 9.55 Å². The average Bonchev–Trinajstić information content (AvgIpc) is 3.31. The molecule has 0 spiro atoms. The topological polar surface area (TPSA) is 174 Å². The van der Waals surface area contributed by atoms with E-state index in [0.29, 0.717) is 5.75 Å². The van der Waals surface area contributed by atoms with Gasteiger partial charge in [0.1, 0.15) is 30.8 Å². The molecule has 0 aliphatic carbocycles. The minimum Gasteiger partial charge on any atom is -0.482 e. The Kier molecular flexibility index (Phi) is 11.7. The van der Waals surface area contributed by atoms with E-state index in [4.69, 9.17) is 29.3 Å². The molecule has 1 aromatic carbocycles. The van der Waals surface area contributed by atoms with E-state index in [-0.39, 0.29) is 49.5 Å². The molecule has 2 aromatic rings. The molecule has 0 amide bonds. The summed E-state index contributed by atoms with van der Waals surface area (Å²) in [7, 11) is 0. The molecule has 1 aliphatic heterocycles. The Morgan fingerprint density at radius 3 is 2.49 bits per heavy atom. The number of aromatic amines is 1. The third-order valence-electron chi connectivity index (χ3n) is 5.34. The molecule has 3 rings (SSSR count). The molecule has 0 radical (unpaired) electrons. The van der Waals surface area contributed by atoms with Crippen LogP contribution < -0.4 is 16.0 Å². The third-order valence-corrected chi connectivity index (χ3v) is 12.7. The maximum Gasteiger partial charge on any atom is 0.344 e. The fourth-order valence-corrected chi connectivity index (χ4v) is 10.2. The summed E-state index contributed by atoms with van der Waals surface area (Å²) in [6.07, 6.45) is -0.958. The first kappa shape index (κ1) is 30.5. The van der Waals surface area contributed by atoms with Gasteiger partial charge in [-0.3, -0.25) is 18.9 Å². The average molecular weight is 595 g/mol. The molecule has 3 atom stereocenters. The highest BCUT2D eigenvalue weighted by atomic mass is 33.1. The normalized spacial score (nSPS) is 18.7. The first-order valence-electron chi connectivity index (χ1n) is 11.9. The maximum atomic E-state index is 13.7. The molecule has 0 bridgehead atoms. The van der Waals surface area contributed by atoms with Crippen molar-refractivity contribution in [3.63, 3.8) is 0 Å². The smallest absolute Gasteiger partial charge is 0.344 e. The minimum absolute atomic E-state index is 0.0652. The highest BCUT2D eigenvalue weighted by Gasteiger charge is 2.43. The number of aromatic nitrogens is 2. The molecule has 0 saturated carbocycles. The van der Waals surface area contributed by atoms with Gasteiger partial charge in [-0.05, 0) is 19.1 Å². The number of aryl methyl sites for hydroxylation is 1. The van der Waals surface area contributed by atoms with Crippen LogP contribution in [0.5, 0.6) is 5.75 Å². The third kappa shape index (κ3) is 9.31. The Hall–Kier alpha value is -3.00. The molecule has 1 aromatic heterocycles. The molecule has 1 saturated heterocycles. The van der Waals surface area contributed by atoms with E-state index in [2.05, 4.69) is 4.98 Å². The van der Waals surface area contributed by atoms with Crippen molar-refractivity contribution in [3.05, 3.63) is 62.9 Å². The van der Waals surface area contributed by atoms with E-state index >= 15 is 0 Å². The van der Waals surface area contributed by atoms with Crippen LogP contribution >= 0.6 is 28.5 Å². The van der Waals surface area contributed by atoms with Gasteiger partial charge in [0.15, 0.2) is 6.61 Å². The van der Waals surface area contributed by atoms with Crippen LogP contribution in [0.3, 0.4) is 0 Å². The quantitative estimate of drug-likeness (QED) is 0.192. The standard InChI is InChI=1S/C24H27N4O8PS2/c1-17-14-28(24(31)27-23(17)30)21-13-19(36-37(32,38-11-5-9-25)39-12-6-10-26)20(35-21)15-34-22(29)16-33-18-7-3-2-4-8-18/h2-4,7-8,14,19-21H,5-6,11-13,15-16H2,1H3,(H,27,30,31)/t19-,20+,21+/m0/s1. The first-order chi connectivity index (χ1) is 18.7. The second-order valence-corrected chi connectivity index (χ2v) is 15.8. The fraction of sp³-hybridized carbons (Fsp3) is 0.458. The first-order valence-corrected chi connectivity index (χ1v) is 16.7. The van der Waals surface area contributed by atoms with Gasteiger partial charge < -0.3 is 18.7 Å². The van der Waals surface area contributed by atoms with Crippen molar-refractivity contribution in [2.45, 2.75) is 44.6 Å². The summed E-state index contributed by atoms with van der Waals surface area (Å²) >= 11 is 1.98. The van der Waals surface area contributed by atoms with E-state index in [1.807, 2.05) is 18.2 Å². The number of nitrogens with zero attached hydrogens (tertiary/aromatic N) is 3.